The van der Waals surface area contributed by atoms with Crippen LogP contribution in [0.3, 0.4) is 0 Å². The number of aliphatic carboxylic acids is 1. The maximum atomic E-state index is 12.7. The minimum atomic E-state index is -0.920. The van der Waals surface area contributed by atoms with Crippen LogP contribution in [-0.4, -0.2) is 63.1 Å². The summed E-state index contributed by atoms with van der Waals surface area (Å²) in [5.41, 5.74) is 0. The van der Waals surface area contributed by atoms with Crippen LogP contribution in [0, 0.1) is 0 Å². The van der Waals surface area contributed by atoms with Crippen molar-refractivity contribution in [1.29, 1.82) is 0 Å². The van der Waals surface area contributed by atoms with Gasteiger partial charge < -0.3 is 14.9 Å². The van der Waals surface area contributed by atoms with Crippen molar-refractivity contribution >= 4 is 23.8 Å². The molecule has 6 heteroatoms. The van der Waals surface area contributed by atoms with Gasteiger partial charge in [-0.2, -0.15) is 11.8 Å². The van der Waals surface area contributed by atoms with Crippen LogP contribution < -0.4 is 0 Å². The van der Waals surface area contributed by atoms with E-state index in [0.717, 1.165) is 38.0 Å². The van der Waals surface area contributed by atoms with Crippen molar-refractivity contribution in [2.45, 2.75) is 50.3 Å². The Balaban J connectivity index is 2.06. The van der Waals surface area contributed by atoms with Gasteiger partial charge in [-0.3, -0.25) is 4.79 Å². The van der Waals surface area contributed by atoms with E-state index >= 15 is 0 Å². The molecular formula is C14H24N2O3S. The maximum Gasteiger partial charge on any atom is 0.323 e. The molecule has 0 atom stereocenters. The monoisotopic (exact) mass is 300 g/mol. The minimum absolute atomic E-state index is 0.0540. The van der Waals surface area contributed by atoms with Gasteiger partial charge in [0.05, 0.1) is 0 Å². The first-order valence-electron chi connectivity index (χ1n) is 7.30. The number of rotatable bonds is 3. The van der Waals surface area contributed by atoms with Gasteiger partial charge in [-0.1, -0.05) is 12.8 Å². The summed E-state index contributed by atoms with van der Waals surface area (Å²) >= 11 is 1.87. The van der Waals surface area contributed by atoms with Gasteiger partial charge in [-0.25, -0.2) is 4.79 Å². The standard InChI is InChI=1S/C14H24N2O3S/c1-14(2)10-15(7-8-20-14)13(19)16(9-12(17)18)11-5-3-4-6-11/h11H,3-10H2,1-2H3,(H,17,18). The molecule has 1 aliphatic carbocycles. The largest absolute Gasteiger partial charge is 0.480 e. The van der Waals surface area contributed by atoms with Gasteiger partial charge in [0, 0.05) is 29.6 Å². The van der Waals surface area contributed by atoms with Crippen LogP contribution in [0.2, 0.25) is 0 Å². The Hall–Kier alpha value is -0.910. The summed E-state index contributed by atoms with van der Waals surface area (Å²) in [5, 5.41) is 9.08. The molecule has 2 fully saturated rings. The van der Waals surface area contributed by atoms with Gasteiger partial charge in [-0.15, -0.1) is 0 Å². The molecule has 0 unspecified atom stereocenters. The van der Waals surface area contributed by atoms with E-state index in [4.69, 9.17) is 5.11 Å². The van der Waals surface area contributed by atoms with E-state index in [9.17, 15) is 9.59 Å². The number of nitrogens with zero attached hydrogens (tertiary/aromatic N) is 2. The van der Waals surface area contributed by atoms with Gasteiger partial charge in [0.2, 0.25) is 0 Å². The third-order valence-electron chi connectivity index (χ3n) is 4.01. The summed E-state index contributed by atoms with van der Waals surface area (Å²) in [6.45, 7) is 5.51. The number of carboxylic acid groups (broad SMARTS) is 1. The lowest BCUT2D eigenvalue weighted by Crippen LogP contribution is -2.54. The van der Waals surface area contributed by atoms with Gasteiger partial charge in [-0.05, 0) is 26.7 Å². The lowest BCUT2D eigenvalue weighted by Gasteiger charge is -2.41. The molecule has 0 aromatic rings. The Morgan fingerprint density at radius 2 is 2.00 bits per heavy atom. The van der Waals surface area contributed by atoms with E-state index in [-0.39, 0.29) is 23.4 Å². The molecule has 20 heavy (non-hydrogen) atoms. The summed E-state index contributed by atoms with van der Waals surface area (Å²) in [6, 6.07) is 0.0176. The molecule has 1 heterocycles. The highest BCUT2D eigenvalue weighted by molar-refractivity contribution is 8.00. The highest BCUT2D eigenvalue weighted by atomic mass is 32.2. The first-order valence-corrected chi connectivity index (χ1v) is 8.29. The van der Waals surface area contributed by atoms with Gasteiger partial charge >= 0.3 is 12.0 Å². The summed E-state index contributed by atoms with van der Waals surface area (Å²) in [6.07, 6.45) is 4.06. The Labute approximate surface area is 124 Å². The first-order chi connectivity index (χ1) is 9.39. The van der Waals surface area contributed by atoms with Crippen molar-refractivity contribution in [2.24, 2.45) is 0 Å². The van der Waals surface area contributed by atoms with Crippen LogP contribution in [-0.2, 0) is 4.79 Å². The predicted octanol–water partition coefficient (Wildman–Crippen LogP) is 2.26. The number of hydrogen-bond acceptors (Lipinski definition) is 3. The molecule has 5 nitrogen and oxygen atoms in total. The minimum Gasteiger partial charge on any atom is -0.480 e. The lowest BCUT2D eigenvalue weighted by molar-refractivity contribution is -0.138. The van der Waals surface area contributed by atoms with E-state index < -0.39 is 5.97 Å². The molecule has 2 aliphatic rings. The van der Waals surface area contributed by atoms with E-state index in [1.807, 2.05) is 16.7 Å². The second kappa shape index (κ2) is 6.24. The van der Waals surface area contributed by atoms with Crippen molar-refractivity contribution in [3.8, 4) is 0 Å². The zero-order chi connectivity index (χ0) is 14.8. The number of thioether (sulfide) groups is 1. The number of urea groups is 1. The van der Waals surface area contributed by atoms with Crippen molar-refractivity contribution < 1.29 is 14.7 Å². The van der Waals surface area contributed by atoms with Crippen LogP contribution >= 0.6 is 11.8 Å². The molecule has 1 aliphatic heterocycles. The summed E-state index contributed by atoms with van der Waals surface area (Å²) < 4.78 is 0.0540. The quantitative estimate of drug-likeness (QED) is 0.868. The third-order valence-corrected chi connectivity index (χ3v) is 5.31. The lowest BCUT2D eigenvalue weighted by atomic mass is 10.1. The molecule has 2 amide bonds. The van der Waals surface area contributed by atoms with Crippen molar-refractivity contribution in [2.75, 3.05) is 25.4 Å². The zero-order valence-corrected chi connectivity index (χ0v) is 13.1. The highest BCUT2D eigenvalue weighted by Crippen LogP contribution is 2.31. The molecule has 0 aromatic carbocycles. The molecule has 0 spiro atoms. The van der Waals surface area contributed by atoms with E-state index in [1.165, 1.54) is 0 Å². The van der Waals surface area contributed by atoms with Crippen molar-refractivity contribution in [3.05, 3.63) is 0 Å². The van der Waals surface area contributed by atoms with Crippen LogP contribution in [0.15, 0.2) is 0 Å². The summed E-state index contributed by atoms with van der Waals surface area (Å²) in [5.74, 6) is 0.000483. The predicted molar refractivity (Wildman–Crippen MR) is 80.1 cm³/mol. The Kier molecular flexibility index (Phi) is 4.83. The number of amides is 2. The fourth-order valence-electron chi connectivity index (χ4n) is 3.08. The zero-order valence-electron chi connectivity index (χ0n) is 12.3. The van der Waals surface area contributed by atoms with Crippen LogP contribution in [0.4, 0.5) is 4.79 Å². The molecule has 114 valence electrons. The van der Waals surface area contributed by atoms with Crippen LogP contribution in [0.25, 0.3) is 0 Å². The van der Waals surface area contributed by atoms with Crippen molar-refractivity contribution in [1.82, 2.24) is 9.80 Å². The maximum absolute atomic E-state index is 12.7. The number of carbonyl (C=O) groups excluding carboxylic acids is 1. The molecule has 2 rings (SSSR count). The molecule has 1 N–H and O–H groups in total. The molecule has 1 saturated heterocycles. The van der Waals surface area contributed by atoms with Crippen molar-refractivity contribution in [3.63, 3.8) is 0 Å². The Morgan fingerprint density at radius 3 is 2.55 bits per heavy atom. The molecule has 1 saturated carbocycles. The average Bonchev–Trinajstić information content (AvgIpc) is 2.87. The molecule has 0 radical (unpaired) electrons. The van der Waals surface area contributed by atoms with E-state index in [1.54, 1.807) is 4.90 Å². The second-order valence-corrected chi connectivity index (χ2v) is 8.07. The number of hydrogen-bond donors (Lipinski definition) is 1. The summed E-state index contributed by atoms with van der Waals surface area (Å²) in [4.78, 5) is 27.2. The van der Waals surface area contributed by atoms with E-state index in [0.29, 0.717) is 6.54 Å². The summed E-state index contributed by atoms with van der Waals surface area (Å²) in [7, 11) is 0. The van der Waals surface area contributed by atoms with Crippen LogP contribution in [0.5, 0.6) is 0 Å². The second-order valence-electron chi connectivity index (χ2n) is 6.27. The fourth-order valence-corrected chi connectivity index (χ4v) is 4.19. The van der Waals surface area contributed by atoms with Gasteiger partial charge in [0.25, 0.3) is 0 Å². The van der Waals surface area contributed by atoms with E-state index in [2.05, 4.69) is 13.8 Å². The first kappa shape index (κ1) is 15.5. The fraction of sp³-hybridized carbons (Fsp3) is 0.857. The molecule has 0 bridgehead atoms. The third kappa shape index (κ3) is 3.81. The highest BCUT2D eigenvalue weighted by Gasteiger charge is 2.35. The number of carbonyl (C=O) groups is 2. The molecule has 0 aromatic heterocycles. The normalized spacial score (nSPS) is 22.8. The van der Waals surface area contributed by atoms with Gasteiger partial charge in [0.1, 0.15) is 6.54 Å². The Morgan fingerprint density at radius 1 is 1.35 bits per heavy atom. The van der Waals surface area contributed by atoms with Gasteiger partial charge in [0.15, 0.2) is 0 Å². The smallest absolute Gasteiger partial charge is 0.323 e. The SMILES string of the molecule is CC1(C)CN(C(=O)N(CC(=O)O)C2CCCC2)CCS1. The Bertz CT molecular complexity index is 381. The molecular weight excluding hydrogens is 276 g/mol. The average molecular weight is 300 g/mol. The van der Waals surface area contributed by atoms with Crippen LogP contribution in [0.1, 0.15) is 39.5 Å². The number of carboxylic acids is 1. The topological polar surface area (TPSA) is 60.9 Å².